The van der Waals surface area contributed by atoms with Gasteiger partial charge in [-0.05, 0) is 42.9 Å². The van der Waals surface area contributed by atoms with Crippen LogP contribution in [0.1, 0.15) is 44.5 Å². The van der Waals surface area contributed by atoms with Crippen molar-refractivity contribution in [1.82, 2.24) is 0 Å². The van der Waals surface area contributed by atoms with Gasteiger partial charge in [0, 0.05) is 10.4 Å². The zero-order chi connectivity index (χ0) is 20.4. The van der Waals surface area contributed by atoms with Crippen LogP contribution in [0.3, 0.4) is 0 Å². The summed E-state index contributed by atoms with van der Waals surface area (Å²) in [5.41, 5.74) is 1.33. The SMILES string of the molecule is COc1cc(C(=O)Nc2sc3c(c2C(=O)O)CC[C@@H](C)C3)cc(OC)c1OC. The van der Waals surface area contributed by atoms with E-state index in [4.69, 9.17) is 14.2 Å². The molecule has 1 heterocycles. The molecule has 150 valence electrons. The van der Waals surface area contributed by atoms with Crippen LogP contribution in [0.15, 0.2) is 12.1 Å². The predicted octanol–water partition coefficient (Wildman–Crippen LogP) is 3.85. The van der Waals surface area contributed by atoms with Crippen LogP contribution in [0.2, 0.25) is 0 Å². The number of carbonyl (C=O) groups excluding carboxylic acids is 1. The minimum Gasteiger partial charge on any atom is -0.493 e. The third kappa shape index (κ3) is 3.64. The number of thiophene rings is 1. The van der Waals surface area contributed by atoms with Gasteiger partial charge in [0.05, 0.1) is 26.9 Å². The van der Waals surface area contributed by atoms with Crippen LogP contribution in [-0.4, -0.2) is 38.3 Å². The van der Waals surface area contributed by atoms with E-state index in [1.54, 1.807) is 0 Å². The summed E-state index contributed by atoms with van der Waals surface area (Å²) >= 11 is 1.34. The minimum atomic E-state index is -1.02. The van der Waals surface area contributed by atoms with E-state index in [0.717, 1.165) is 23.3 Å². The standard InChI is InChI=1S/C20H23NO6S/c1-10-5-6-12-15(7-10)28-19(16(12)20(23)24)21-18(22)11-8-13(25-2)17(27-4)14(9-11)26-3/h8-10H,5-7H2,1-4H3,(H,21,22)(H,23,24)/t10-/m1/s1. The molecule has 7 nitrogen and oxygen atoms in total. The normalized spacial score (nSPS) is 15.5. The fourth-order valence-corrected chi connectivity index (χ4v) is 4.85. The van der Waals surface area contributed by atoms with E-state index >= 15 is 0 Å². The number of nitrogens with one attached hydrogen (secondary N) is 1. The third-order valence-electron chi connectivity index (χ3n) is 4.88. The van der Waals surface area contributed by atoms with Gasteiger partial charge in [-0.1, -0.05) is 6.92 Å². The molecule has 0 fully saturated rings. The number of rotatable bonds is 6. The van der Waals surface area contributed by atoms with Gasteiger partial charge < -0.3 is 24.6 Å². The second-order valence-electron chi connectivity index (χ2n) is 6.73. The van der Waals surface area contributed by atoms with E-state index in [-0.39, 0.29) is 11.1 Å². The molecule has 2 aromatic rings. The molecule has 0 unspecified atom stereocenters. The maximum absolute atomic E-state index is 12.9. The van der Waals surface area contributed by atoms with Gasteiger partial charge in [0.15, 0.2) is 11.5 Å². The number of fused-ring (bicyclic) bond motifs is 1. The summed E-state index contributed by atoms with van der Waals surface area (Å²) in [5.74, 6) is 0.134. The van der Waals surface area contributed by atoms with Crippen molar-refractivity contribution in [2.24, 2.45) is 5.92 Å². The second kappa shape index (κ2) is 8.10. The number of anilines is 1. The van der Waals surface area contributed by atoms with Crippen molar-refractivity contribution in [3.63, 3.8) is 0 Å². The van der Waals surface area contributed by atoms with Gasteiger partial charge >= 0.3 is 5.97 Å². The van der Waals surface area contributed by atoms with E-state index in [1.807, 2.05) is 0 Å². The highest BCUT2D eigenvalue weighted by atomic mass is 32.1. The summed E-state index contributed by atoms with van der Waals surface area (Å²) in [5, 5.41) is 12.8. The Bertz CT molecular complexity index is 895. The van der Waals surface area contributed by atoms with E-state index in [0.29, 0.717) is 34.6 Å². The predicted molar refractivity (Wildman–Crippen MR) is 107 cm³/mol. The number of ether oxygens (including phenoxy) is 3. The molecule has 1 aliphatic carbocycles. The number of hydrogen-bond acceptors (Lipinski definition) is 6. The van der Waals surface area contributed by atoms with Crippen LogP contribution in [0.25, 0.3) is 0 Å². The molecule has 0 spiro atoms. The molecule has 1 aliphatic rings. The molecular formula is C20H23NO6S. The molecule has 1 amide bonds. The van der Waals surface area contributed by atoms with E-state index < -0.39 is 11.9 Å². The lowest BCUT2D eigenvalue weighted by molar-refractivity contribution is 0.0697. The van der Waals surface area contributed by atoms with E-state index in [1.165, 1.54) is 44.8 Å². The number of amides is 1. The van der Waals surface area contributed by atoms with Crippen molar-refractivity contribution >= 4 is 28.2 Å². The lowest BCUT2D eigenvalue weighted by Crippen LogP contribution is -2.15. The Morgan fingerprint density at radius 2 is 1.79 bits per heavy atom. The zero-order valence-corrected chi connectivity index (χ0v) is 17.1. The molecule has 0 saturated carbocycles. The number of hydrogen-bond donors (Lipinski definition) is 2. The molecule has 0 saturated heterocycles. The van der Waals surface area contributed by atoms with Crippen LogP contribution >= 0.6 is 11.3 Å². The van der Waals surface area contributed by atoms with Crippen molar-refractivity contribution in [2.45, 2.75) is 26.2 Å². The summed E-state index contributed by atoms with van der Waals surface area (Å²) in [4.78, 5) is 25.7. The average molecular weight is 405 g/mol. The zero-order valence-electron chi connectivity index (χ0n) is 16.3. The van der Waals surface area contributed by atoms with Crippen LogP contribution in [0.4, 0.5) is 5.00 Å². The fraction of sp³-hybridized carbons (Fsp3) is 0.400. The molecule has 0 bridgehead atoms. The summed E-state index contributed by atoms with van der Waals surface area (Å²) in [6.45, 7) is 2.15. The first-order chi connectivity index (χ1) is 13.4. The van der Waals surface area contributed by atoms with Crippen LogP contribution < -0.4 is 19.5 Å². The molecule has 1 atom stereocenters. The van der Waals surface area contributed by atoms with Crippen LogP contribution in [0, 0.1) is 5.92 Å². The summed E-state index contributed by atoms with van der Waals surface area (Å²) in [7, 11) is 4.42. The number of carboxylic acids is 1. The maximum atomic E-state index is 12.9. The van der Waals surface area contributed by atoms with Gasteiger partial charge in [-0.3, -0.25) is 4.79 Å². The lowest BCUT2D eigenvalue weighted by Gasteiger charge is -2.17. The Balaban J connectivity index is 1.97. The number of benzene rings is 1. The Kier molecular flexibility index (Phi) is 5.79. The number of aromatic carboxylic acids is 1. The second-order valence-corrected chi connectivity index (χ2v) is 7.83. The molecule has 8 heteroatoms. The number of methoxy groups -OCH3 is 3. The number of carbonyl (C=O) groups is 2. The first-order valence-corrected chi connectivity index (χ1v) is 9.70. The largest absolute Gasteiger partial charge is 0.493 e. The minimum absolute atomic E-state index is 0.202. The van der Waals surface area contributed by atoms with Gasteiger partial charge in [-0.15, -0.1) is 11.3 Å². The van der Waals surface area contributed by atoms with E-state index in [2.05, 4.69) is 12.2 Å². The van der Waals surface area contributed by atoms with Gasteiger partial charge in [0.25, 0.3) is 5.91 Å². The Morgan fingerprint density at radius 1 is 1.14 bits per heavy atom. The van der Waals surface area contributed by atoms with E-state index in [9.17, 15) is 14.7 Å². The molecule has 1 aromatic carbocycles. The third-order valence-corrected chi connectivity index (χ3v) is 6.05. The van der Waals surface area contributed by atoms with Crippen molar-refractivity contribution in [3.05, 3.63) is 33.7 Å². The van der Waals surface area contributed by atoms with Gasteiger partial charge in [0.1, 0.15) is 5.00 Å². The monoisotopic (exact) mass is 405 g/mol. The molecule has 2 N–H and O–H groups in total. The van der Waals surface area contributed by atoms with Crippen LogP contribution in [0.5, 0.6) is 17.2 Å². The molecule has 1 aromatic heterocycles. The van der Waals surface area contributed by atoms with Crippen molar-refractivity contribution in [1.29, 1.82) is 0 Å². The summed E-state index contributed by atoms with van der Waals surface area (Å²) in [6.07, 6.45) is 2.50. The molecule has 3 rings (SSSR count). The summed E-state index contributed by atoms with van der Waals surface area (Å²) < 4.78 is 15.8. The fourth-order valence-electron chi connectivity index (χ4n) is 3.45. The highest BCUT2D eigenvalue weighted by Crippen LogP contribution is 2.41. The molecular weight excluding hydrogens is 382 g/mol. The first-order valence-electron chi connectivity index (χ1n) is 8.88. The Labute approximate surface area is 167 Å². The van der Waals surface area contributed by atoms with Gasteiger partial charge in [-0.25, -0.2) is 4.79 Å². The summed E-state index contributed by atoms with van der Waals surface area (Å²) in [6, 6.07) is 3.07. The maximum Gasteiger partial charge on any atom is 0.339 e. The van der Waals surface area contributed by atoms with Gasteiger partial charge in [-0.2, -0.15) is 0 Å². The lowest BCUT2D eigenvalue weighted by atomic mass is 9.88. The molecule has 0 radical (unpaired) electrons. The van der Waals surface area contributed by atoms with Crippen LogP contribution in [-0.2, 0) is 12.8 Å². The number of carboxylic acid groups (broad SMARTS) is 1. The smallest absolute Gasteiger partial charge is 0.339 e. The van der Waals surface area contributed by atoms with Gasteiger partial charge in [0.2, 0.25) is 5.75 Å². The Hall–Kier alpha value is -2.74. The highest BCUT2D eigenvalue weighted by Gasteiger charge is 2.28. The first kappa shape index (κ1) is 20.0. The van der Waals surface area contributed by atoms with Crippen molar-refractivity contribution < 1.29 is 28.9 Å². The molecule has 0 aliphatic heterocycles. The Morgan fingerprint density at radius 3 is 2.32 bits per heavy atom. The van der Waals surface area contributed by atoms with Crippen molar-refractivity contribution in [2.75, 3.05) is 26.6 Å². The quantitative estimate of drug-likeness (QED) is 0.758. The van der Waals surface area contributed by atoms with Crippen molar-refractivity contribution in [3.8, 4) is 17.2 Å². The topological polar surface area (TPSA) is 94.1 Å². The average Bonchev–Trinajstić information content (AvgIpc) is 3.03. The highest BCUT2D eigenvalue weighted by molar-refractivity contribution is 7.17. The molecule has 28 heavy (non-hydrogen) atoms.